The summed E-state index contributed by atoms with van der Waals surface area (Å²) in [5, 5.41) is 9.85. The molecule has 2 aromatic carbocycles. The summed E-state index contributed by atoms with van der Waals surface area (Å²) >= 11 is 6.17. The molecule has 144 valence electrons. The van der Waals surface area contributed by atoms with E-state index in [4.69, 9.17) is 16.0 Å². The first-order valence-corrected chi connectivity index (χ1v) is 9.25. The van der Waals surface area contributed by atoms with Gasteiger partial charge in [0, 0.05) is 23.7 Å². The summed E-state index contributed by atoms with van der Waals surface area (Å²) in [7, 11) is 0. The van der Waals surface area contributed by atoms with Crippen LogP contribution < -0.4 is 5.43 Å². The zero-order valence-electron chi connectivity index (χ0n) is 15.0. The summed E-state index contributed by atoms with van der Waals surface area (Å²) in [5.41, 5.74) is 0.866. The van der Waals surface area contributed by atoms with Gasteiger partial charge >= 0.3 is 0 Å². The summed E-state index contributed by atoms with van der Waals surface area (Å²) in [4.78, 5) is 27.7. The van der Waals surface area contributed by atoms with Gasteiger partial charge in [-0.2, -0.15) is 0 Å². The molecule has 1 aromatic heterocycles. The first kappa shape index (κ1) is 18.7. The summed E-state index contributed by atoms with van der Waals surface area (Å²) in [6, 6.07) is 8.22. The molecule has 3 aromatic rings. The van der Waals surface area contributed by atoms with E-state index in [-0.39, 0.29) is 41.0 Å². The van der Waals surface area contributed by atoms with Crippen LogP contribution in [0.15, 0.2) is 45.6 Å². The third-order valence-electron chi connectivity index (χ3n) is 5.00. The molecular formula is C21H17ClFNO4. The average Bonchev–Trinajstić information content (AvgIpc) is 2.94. The Labute approximate surface area is 165 Å². The van der Waals surface area contributed by atoms with Gasteiger partial charge in [-0.1, -0.05) is 29.8 Å². The van der Waals surface area contributed by atoms with E-state index in [1.165, 1.54) is 17.0 Å². The standard InChI is InChI=1S/C21H17ClFNO4/c1-11-9-16-13(10-14(11)22)19(26)17-18(12-5-2-3-6-15(12)23)24(7-4-8-25)21(27)20(17)28-16/h2-3,5-6,9-10,18,25H,4,7-8H2,1H3. The van der Waals surface area contributed by atoms with Gasteiger partial charge in [0.1, 0.15) is 11.4 Å². The number of aliphatic hydroxyl groups is 1. The fraction of sp³-hybridized carbons (Fsp3) is 0.238. The molecule has 28 heavy (non-hydrogen) atoms. The van der Waals surface area contributed by atoms with E-state index in [0.29, 0.717) is 17.0 Å². The van der Waals surface area contributed by atoms with Gasteiger partial charge in [-0.15, -0.1) is 0 Å². The Morgan fingerprint density at radius 3 is 2.71 bits per heavy atom. The maximum absolute atomic E-state index is 14.6. The van der Waals surface area contributed by atoms with Crippen molar-refractivity contribution in [3.63, 3.8) is 0 Å². The van der Waals surface area contributed by atoms with Crippen molar-refractivity contribution in [2.75, 3.05) is 13.2 Å². The predicted molar refractivity (Wildman–Crippen MR) is 103 cm³/mol. The molecule has 0 spiro atoms. The minimum Gasteiger partial charge on any atom is -0.450 e. The van der Waals surface area contributed by atoms with Gasteiger partial charge in [0.25, 0.3) is 5.91 Å². The summed E-state index contributed by atoms with van der Waals surface area (Å²) in [6.45, 7) is 1.79. The van der Waals surface area contributed by atoms with E-state index in [2.05, 4.69) is 0 Å². The Hall–Kier alpha value is -2.70. The largest absolute Gasteiger partial charge is 0.450 e. The van der Waals surface area contributed by atoms with Crippen LogP contribution in [0.4, 0.5) is 4.39 Å². The van der Waals surface area contributed by atoms with Crippen LogP contribution >= 0.6 is 11.6 Å². The molecule has 1 amide bonds. The van der Waals surface area contributed by atoms with Crippen molar-refractivity contribution in [1.82, 2.24) is 4.90 Å². The molecule has 1 unspecified atom stereocenters. The normalized spacial score (nSPS) is 16.1. The lowest BCUT2D eigenvalue weighted by molar-refractivity contribution is 0.0714. The van der Waals surface area contributed by atoms with Gasteiger partial charge in [-0.05, 0) is 37.1 Å². The highest BCUT2D eigenvalue weighted by Crippen LogP contribution is 2.39. The lowest BCUT2D eigenvalue weighted by Crippen LogP contribution is -2.31. The Morgan fingerprint density at radius 2 is 2.00 bits per heavy atom. The molecular weight excluding hydrogens is 385 g/mol. The number of nitrogens with zero attached hydrogens (tertiary/aromatic N) is 1. The second kappa shape index (κ2) is 7.04. The molecule has 1 N–H and O–H groups in total. The number of hydrogen-bond donors (Lipinski definition) is 1. The van der Waals surface area contributed by atoms with Gasteiger partial charge < -0.3 is 14.4 Å². The number of rotatable bonds is 4. The van der Waals surface area contributed by atoms with Crippen molar-refractivity contribution in [2.24, 2.45) is 0 Å². The van der Waals surface area contributed by atoms with Crippen LogP contribution in [0.3, 0.4) is 0 Å². The zero-order valence-corrected chi connectivity index (χ0v) is 15.8. The van der Waals surface area contributed by atoms with E-state index in [1.54, 1.807) is 31.2 Å². The molecule has 0 saturated heterocycles. The molecule has 7 heteroatoms. The Morgan fingerprint density at radius 1 is 1.25 bits per heavy atom. The van der Waals surface area contributed by atoms with Crippen molar-refractivity contribution >= 4 is 28.5 Å². The van der Waals surface area contributed by atoms with Gasteiger partial charge in [-0.25, -0.2) is 4.39 Å². The quantitative estimate of drug-likeness (QED) is 0.721. The highest BCUT2D eigenvalue weighted by molar-refractivity contribution is 6.32. The van der Waals surface area contributed by atoms with Crippen LogP contribution in [-0.2, 0) is 0 Å². The molecule has 0 aliphatic carbocycles. The maximum Gasteiger partial charge on any atom is 0.290 e. The van der Waals surface area contributed by atoms with Crippen molar-refractivity contribution in [3.8, 4) is 0 Å². The topological polar surface area (TPSA) is 70.8 Å². The summed E-state index contributed by atoms with van der Waals surface area (Å²) in [6.07, 6.45) is 0.295. The number of aliphatic hydroxyl groups excluding tert-OH is 1. The Balaban J connectivity index is 2.02. The number of aryl methyl sites for hydroxylation is 1. The summed E-state index contributed by atoms with van der Waals surface area (Å²) < 4.78 is 20.4. The SMILES string of the molecule is Cc1cc2oc3c(c(=O)c2cc1Cl)C(c1ccccc1F)N(CCCO)C3=O. The molecule has 0 bridgehead atoms. The van der Waals surface area contributed by atoms with Crippen molar-refractivity contribution in [1.29, 1.82) is 0 Å². The first-order chi connectivity index (χ1) is 13.4. The minimum atomic E-state index is -0.920. The number of amides is 1. The number of carbonyl (C=O) groups is 1. The van der Waals surface area contributed by atoms with E-state index in [9.17, 15) is 19.1 Å². The Kier molecular flexibility index (Phi) is 4.69. The highest BCUT2D eigenvalue weighted by atomic mass is 35.5. The van der Waals surface area contributed by atoms with E-state index in [0.717, 1.165) is 0 Å². The molecule has 2 heterocycles. The molecule has 0 saturated carbocycles. The zero-order chi connectivity index (χ0) is 20.0. The van der Waals surface area contributed by atoms with Crippen LogP contribution in [0.25, 0.3) is 11.0 Å². The molecule has 0 radical (unpaired) electrons. The highest BCUT2D eigenvalue weighted by Gasteiger charge is 2.43. The van der Waals surface area contributed by atoms with Crippen LogP contribution in [0, 0.1) is 12.7 Å². The molecule has 5 nitrogen and oxygen atoms in total. The molecule has 4 rings (SSSR count). The van der Waals surface area contributed by atoms with Crippen molar-refractivity contribution in [2.45, 2.75) is 19.4 Å². The number of halogens is 2. The number of fused-ring (bicyclic) bond motifs is 2. The predicted octanol–water partition coefficient (Wildman–Crippen LogP) is 3.82. The smallest absolute Gasteiger partial charge is 0.290 e. The second-order valence-corrected chi connectivity index (χ2v) is 7.18. The number of hydrogen-bond acceptors (Lipinski definition) is 4. The molecule has 0 fully saturated rings. The lowest BCUT2D eigenvalue weighted by Gasteiger charge is -2.25. The van der Waals surface area contributed by atoms with Gasteiger partial charge in [0.15, 0.2) is 5.43 Å². The fourth-order valence-corrected chi connectivity index (χ4v) is 3.80. The molecule has 1 aliphatic rings. The van der Waals surface area contributed by atoms with Crippen molar-refractivity contribution < 1.29 is 18.7 Å². The number of benzene rings is 2. The monoisotopic (exact) mass is 401 g/mol. The van der Waals surface area contributed by atoms with Crippen molar-refractivity contribution in [3.05, 3.63) is 79.9 Å². The van der Waals surface area contributed by atoms with Gasteiger partial charge in [0.2, 0.25) is 5.76 Å². The lowest BCUT2D eigenvalue weighted by atomic mass is 9.97. The van der Waals surface area contributed by atoms with Crippen LogP contribution in [0.5, 0.6) is 0 Å². The van der Waals surface area contributed by atoms with Gasteiger partial charge in [0.05, 0.1) is 17.0 Å². The Bertz CT molecular complexity index is 1160. The van der Waals surface area contributed by atoms with E-state index in [1.807, 2.05) is 0 Å². The molecule has 1 atom stereocenters. The van der Waals surface area contributed by atoms with E-state index < -0.39 is 23.2 Å². The summed E-state index contributed by atoms with van der Waals surface area (Å²) in [5.74, 6) is -1.11. The molecule has 1 aliphatic heterocycles. The second-order valence-electron chi connectivity index (χ2n) is 6.77. The first-order valence-electron chi connectivity index (χ1n) is 8.87. The fourth-order valence-electron chi connectivity index (χ4n) is 3.63. The number of carbonyl (C=O) groups excluding carboxylic acids is 1. The van der Waals surface area contributed by atoms with Gasteiger partial charge in [-0.3, -0.25) is 9.59 Å². The van der Waals surface area contributed by atoms with Crippen LogP contribution in [0.1, 0.15) is 39.7 Å². The van der Waals surface area contributed by atoms with Crippen LogP contribution in [-0.4, -0.2) is 29.1 Å². The van der Waals surface area contributed by atoms with E-state index >= 15 is 0 Å². The third-order valence-corrected chi connectivity index (χ3v) is 5.41. The third kappa shape index (κ3) is 2.80. The maximum atomic E-state index is 14.6. The average molecular weight is 402 g/mol. The van der Waals surface area contributed by atoms with Crippen LogP contribution in [0.2, 0.25) is 5.02 Å². The minimum absolute atomic E-state index is 0.0922.